The Bertz CT molecular complexity index is 586. The number of nitrogens with zero attached hydrogens (tertiary/aromatic N) is 1. The molecule has 3 rings (SSSR count). The van der Waals surface area contributed by atoms with Crippen molar-refractivity contribution in [2.45, 2.75) is 58.2 Å². The van der Waals surface area contributed by atoms with Gasteiger partial charge in [-0.2, -0.15) is 0 Å². The van der Waals surface area contributed by atoms with Gasteiger partial charge in [0.2, 0.25) is 11.8 Å². The second-order valence-electron chi connectivity index (χ2n) is 8.35. The van der Waals surface area contributed by atoms with E-state index in [0.717, 1.165) is 12.8 Å². The maximum atomic E-state index is 13.1. The van der Waals surface area contributed by atoms with E-state index in [0.29, 0.717) is 18.9 Å². The zero-order chi connectivity index (χ0) is 18.5. The zero-order valence-corrected chi connectivity index (χ0v) is 15.3. The summed E-state index contributed by atoms with van der Waals surface area (Å²) in [5.74, 6) is -0.883. The topological polar surface area (TPSA) is 95.9 Å². The van der Waals surface area contributed by atoms with Crippen LogP contribution in [0.5, 0.6) is 0 Å². The summed E-state index contributed by atoms with van der Waals surface area (Å²) in [4.78, 5) is 38.5. The van der Waals surface area contributed by atoms with Gasteiger partial charge in [-0.15, -0.1) is 0 Å². The van der Waals surface area contributed by atoms with E-state index in [1.54, 1.807) is 6.92 Å². The summed E-state index contributed by atoms with van der Waals surface area (Å²) in [7, 11) is 1.44. The van der Waals surface area contributed by atoms with Crippen LogP contribution in [0.2, 0.25) is 0 Å². The van der Waals surface area contributed by atoms with Crippen molar-refractivity contribution in [2.75, 3.05) is 13.7 Å². The maximum absolute atomic E-state index is 13.1. The van der Waals surface area contributed by atoms with Gasteiger partial charge in [0, 0.05) is 19.6 Å². The molecule has 0 aromatic heterocycles. The number of hydrogen-bond acceptors (Lipinski definition) is 4. The van der Waals surface area contributed by atoms with Crippen LogP contribution in [-0.2, 0) is 19.1 Å². The van der Waals surface area contributed by atoms with E-state index in [1.165, 1.54) is 12.0 Å². The van der Waals surface area contributed by atoms with Crippen molar-refractivity contribution in [3.05, 3.63) is 0 Å². The van der Waals surface area contributed by atoms with Crippen LogP contribution >= 0.6 is 0 Å². The highest BCUT2D eigenvalue weighted by Gasteiger charge is 2.69. The molecule has 0 aromatic carbocycles. The Hall–Kier alpha value is -1.63. The fourth-order valence-corrected chi connectivity index (χ4v) is 4.30. The lowest BCUT2D eigenvalue weighted by molar-refractivity contribution is -0.152. The van der Waals surface area contributed by atoms with Crippen molar-refractivity contribution >= 4 is 17.8 Å². The van der Waals surface area contributed by atoms with Gasteiger partial charge >= 0.3 is 5.97 Å². The number of fused-ring (bicyclic) bond motifs is 1. The Morgan fingerprint density at radius 3 is 2.48 bits per heavy atom. The van der Waals surface area contributed by atoms with Crippen LogP contribution in [-0.4, -0.2) is 59.6 Å². The normalized spacial score (nSPS) is 31.8. The van der Waals surface area contributed by atoms with Crippen molar-refractivity contribution in [3.8, 4) is 0 Å². The summed E-state index contributed by atoms with van der Waals surface area (Å²) in [6.07, 6.45) is 2.04. The zero-order valence-electron chi connectivity index (χ0n) is 15.3. The molecule has 1 aliphatic heterocycles. The average Bonchev–Trinajstić information content (AvgIpc) is 3.39. The van der Waals surface area contributed by atoms with Crippen molar-refractivity contribution < 1.29 is 24.2 Å². The van der Waals surface area contributed by atoms with Crippen LogP contribution in [0, 0.1) is 23.2 Å². The molecule has 0 bridgehead atoms. The van der Waals surface area contributed by atoms with Gasteiger partial charge in [-0.1, -0.05) is 26.7 Å². The lowest BCUT2D eigenvalue weighted by Crippen LogP contribution is -2.55. The molecule has 0 spiro atoms. The van der Waals surface area contributed by atoms with Crippen molar-refractivity contribution in [2.24, 2.45) is 23.2 Å². The number of likely N-dealkylation sites (tertiary alicyclic amines) is 1. The molecule has 7 heteroatoms. The number of amides is 2. The number of rotatable bonds is 7. The number of aliphatic carboxylic acids is 1. The molecule has 2 amide bonds. The van der Waals surface area contributed by atoms with Gasteiger partial charge in [0.1, 0.15) is 18.2 Å². The maximum Gasteiger partial charge on any atom is 0.326 e. The van der Waals surface area contributed by atoms with Crippen LogP contribution < -0.4 is 5.32 Å². The minimum atomic E-state index is -0.951. The summed E-state index contributed by atoms with van der Waals surface area (Å²) in [6.45, 7) is 6.21. The Morgan fingerprint density at radius 1 is 1.32 bits per heavy atom. The second kappa shape index (κ2) is 6.27. The monoisotopic (exact) mass is 352 g/mol. The third-order valence-corrected chi connectivity index (χ3v) is 6.35. The first-order valence-electron chi connectivity index (χ1n) is 9.05. The highest BCUT2D eigenvalue weighted by atomic mass is 16.5. The minimum absolute atomic E-state index is 0.00382. The fraction of sp³-hybridized carbons (Fsp3) is 0.833. The van der Waals surface area contributed by atoms with Crippen LogP contribution in [0.25, 0.3) is 0 Å². The molecule has 2 unspecified atom stereocenters. The number of carboxylic acids is 1. The molecular weight excluding hydrogens is 324 g/mol. The van der Waals surface area contributed by atoms with Gasteiger partial charge in [0.05, 0.1) is 0 Å². The van der Waals surface area contributed by atoms with E-state index in [-0.39, 0.29) is 29.1 Å². The van der Waals surface area contributed by atoms with E-state index in [9.17, 15) is 19.5 Å². The molecule has 2 aliphatic carbocycles. The average molecular weight is 352 g/mol. The number of nitrogens with one attached hydrogen (secondary N) is 1. The molecular formula is C18H28N2O5. The molecule has 0 radical (unpaired) electrons. The predicted molar refractivity (Wildman–Crippen MR) is 89.6 cm³/mol. The number of carboxylic acid groups (broad SMARTS) is 1. The first kappa shape index (κ1) is 18.2. The van der Waals surface area contributed by atoms with E-state index in [4.69, 9.17) is 4.74 Å². The Morgan fingerprint density at radius 2 is 1.96 bits per heavy atom. The number of methoxy groups -OCH3 is 1. The van der Waals surface area contributed by atoms with E-state index in [1.807, 2.05) is 0 Å². The molecule has 140 valence electrons. The van der Waals surface area contributed by atoms with Crippen LogP contribution in [0.3, 0.4) is 0 Å². The number of ether oxygens (including phenoxy) is 1. The molecule has 2 saturated carbocycles. The largest absolute Gasteiger partial charge is 0.480 e. The highest BCUT2D eigenvalue weighted by Crippen LogP contribution is 2.64. The smallest absolute Gasteiger partial charge is 0.326 e. The first-order chi connectivity index (χ1) is 11.7. The fourth-order valence-electron chi connectivity index (χ4n) is 4.30. The number of hydrogen-bond donors (Lipinski definition) is 2. The van der Waals surface area contributed by atoms with Gasteiger partial charge in [-0.25, -0.2) is 4.79 Å². The Balaban J connectivity index is 1.73. The quantitative estimate of drug-likeness (QED) is 0.709. The van der Waals surface area contributed by atoms with Crippen LogP contribution in [0.4, 0.5) is 0 Å². The Labute approximate surface area is 148 Å². The van der Waals surface area contributed by atoms with E-state index >= 15 is 0 Å². The lowest BCUT2D eigenvalue weighted by Gasteiger charge is -2.32. The number of carbonyl (C=O) groups excluding carboxylic acids is 2. The van der Waals surface area contributed by atoms with Crippen LogP contribution in [0.1, 0.15) is 40.0 Å². The standard InChI is InChI=1S/C18H28N2O5/c1-9(25-4)15(21)19-12(7-10-5-6-10)16(22)20-8-11-13(18(11,2)3)14(20)17(23)24/h9-14H,5-8H2,1-4H3,(H,19,21)(H,23,24)/t9?,11-,12?,13-,14-/m0/s1. The summed E-state index contributed by atoms with van der Waals surface area (Å²) < 4.78 is 5.02. The lowest BCUT2D eigenvalue weighted by atomic mass is 9.99. The predicted octanol–water partition coefficient (Wildman–Crippen LogP) is 0.874. The van der Waals surface area contributed by atoms with Crippen molar-refractivity contribution in [3.63, 3.8) is 0 Å². The molecule has 7 nitrogen and oxygen atoms in total. The summed E-state index contributed by atoms with van der Waals surface area (Å²) >= 11 is 0. The molecule has 25 heavy (non-hydrogen) atoms. The summed E-state index contributed by atoms with van der Waals surface area (Å²) in [5, 5.41) is 12.4. The highest BCUT2D eigenvalue weighted by molar-refractivity contribution is 5.92. The van der Waals surface area contributed by atoms with Gasteiger partial charge < -0.3 is 20.1 Å². The van der Waals surface area contributed by atoms with Gasteiger partial charge in [-0.3, -0.25) is 9.59 Å². The molecule has 5 atom stereocenters. The van der Waals surface area contributed by atoms with Crippen molar-refractivity contribution in [1.29, 1.82) is 0 Å². The molecule has 3 aliphatic rings. The van der Waals surface area contributed by atoms with Gasteiger partial charge in [0.15, 0.2) is 0 Å². The van der Waals surface area contributed by atoms with Gasteiger partial charge in [0.25, 0.3) is 0 Å². The van der Waals surface area contributed by atoms with Crippen molar-refractivity contribution in [1.82, 2.24) is 10.2 Å². The molecule has 1 saturated heterocycles. The van der Waals surface area contributed by atoms with E-state index in [2.05, 4.69) is 19.2 Å². The number of piperidine rings is 1. The molecule has 0 aromatic rings. The van der Waals surface area contributed by atoms with Gasteiger partial charge in [-0.05, 0) is 30.6 Å². The summed E-state index contributed by atoms with van der Waals surface area (Å²) in [6, 6.07) is -1.45. The molecule has 1 heterocycles. The first-order valence-corrected chi connectivity index (χ1v) is 9.05. The minimum Gasteiger partial charge on any atom is -0.480 e. The third kappa shape index (κ3) is 3.26. The van der Waals surface area contributed by atoms with Crippen LogP contribution in [0.15, 0.2) is 0 Å². The third-order valence-electron chi connectivity index (χ3n) is 6.35. The van der Waals surface area contributed by atoms with E-state index < -0.39 is 24.2 Å². The second-order valence-corrected chi connectivity index (χ2v) is 8.35. The SMILES string of the molecule is COC(C)C(=O)NC(CC1CC1)C(=O)N1C[C@H]2[C@@H]([C@H]1C(=O)O)C2(C)C. The molecule has 3 fully saturated rings. The summed E-state index contributed by atoms with van der Waals surface area (Å²) in [5.41, 5.74) is -0.0281. The number of carbonyl (C=O) groups is 3. The Kier molecular flexibility index (Phi) is 4.56. The molecule has 2 N–H and O–H groups in total.